The first-order valence-electron chi connectivity index (χ1n) is 9.02. The van der Waals surface area contributed by atoms with Crippen molar-refractivity contribution >= 4 is 38.5 Å². The number of carbonyl (C=O) groups excluding carboxylic acids is 2. The number of hydrogen-bond donors (Lipinski definition) is 3. The van der Waals surface area contributed by atoms with E-state index in [1.54, 1.807) is 11.3 Å². The molecule has 2 aromatic carbocycles. The summed E-state index contributed by atoms with van der Waals surface area (Å²) in [4.78, 5) is 28.2. The van der Waals surface area contributed by atoms with Gasteiger partial charge in [-0.2, -0.15) is 0 Å². The molecule has 3 N–H and O–H groups in total. The van der Waals surface area contributed by atoms with E-state index in [2.05, 4.69) is 20.9 Å². The highest BCUT2D eigenvalue weighted by Gasteiger charge is 2.06. The van der Waals surface area contributed by atoms with Gasteiger partial charge in [-0.25, -0.2) is 9.37 Å². The molecule has 0 aliphatic carbocycles. The first kappa shape index (κ1) is 19.8. The highest BCUT2D eigenvalue weighted by molar-refractivity contribution is 7.22. The zero-order valence-corrected chi connectivity index (χ0v) is 16.0. The average Bonchev–Trinajstić information content (AvgIpc) is 3.12. The summed E-state index contributed by atoms with van der Waals surface area (Å²) in [5.41, 5.74) is 1.36. The van der Waals surface area contributed by atoms with Crippen LogP contribution < -0.4 is 16.0 Å². The van der Waals surface area contributed by atoms with E-state index in [4.69, 9.17) is 0 Å². The quantitative estimate of drug-likeness (QED) is 0.482. The van der Waals surface area contributed by atoms with Gasteiger partial charge in [0.15, 0.2) is 5.13 Å². The van der Waals surface area contributed by atoms with Crippen LogP contribution in [0.1, 0.15) is 23.2 Å². The Labute approximate surface area is 166 Å². The van der Waals surface area contributed by atoms with Gasteiger partial charge in [0.05, 0.1) is 10.2 Å². The maximum absolute atomic E-state index is 12.8. The van der Waals surface area contributed by atoms with Crippen LogP contribution in [0.2, 0.25) is 0 Å². The highest BCUT2D eigenvalue weighted by atomic mass is 32.1. The number of aromatic nitrogens is 1. The van der Waals surface area contributed by atoms with E-state index in [-0.39, 0.29) is 17.6 Å². The van der Waals surface area contributed by atoms with Gasteiger partial charge >= 0.3 is 0 Å². The van der Waals surface area contributed by atoms with Gasteiger partial charge in [-0.1, -0.05) is 23.5 Å². The highest BCUT2D eigenvalue weighted by Crippen LogP contribution is 2.24. The Morgan fingerprint density at radius 2 is 1.75 bits per heavy atom. The minimum atomic E-state index is -0.383. The van der Waals surface area contributed by atoms with Gasteiger partial charge in [-0.3, -0.25) is 9.59 Å². The monoisotopic (exact) mass is 400 g/mol. The average molecular weight is 400 g/mol. The van der Waals surface area contributed by atoms with E-state index in [1.807, 2.05) is 24.3 Å². The maximum Gasteiger partial charge on any atom is 0.251 e. The molecule has 0 aliphatic heterocycles. The molecule has 0 fully saturated rings. The summed E-state index contributed by atoms with van der Waals surface area (Å²) in [5.74, 6) is -0.728. The largest absolute Gasteiger partial charge is 0.360 e. The molecule has 1 heterocycles. The standard InChI is InChI=1S/C20H21FN4O2S/c21-15-9-7-14(8-10-15)19(27)23-11-3-6-18(26)22-12-13-24-20-25-16-4-1-2-5-17(16)28-20/h1-2,4-5,7-10H,3,6,11-13H2,(H,22,26)(H,23,27)(H,24,25). The number of carbonyl (C=O) groups is 2. The summed E-state index contributed by atoms with van der Waals surface area (Å²) in [6.07, 6.45) is 0.856. The molecular formula is C20H21FN4O2S. The van der Waals surface area contributed by atoms with Crippen LogP contribution in [-0.2, 0) is 4.79 Å². The fourth-order valence-corrected chi connectivity index (χ4v) is 3.45. The summed E-state index contributed by atoms with van der Waals surface area (Å²) in [6, 6.07) is 13.3. The predicted octanol–water partition coefficient (Wildman–Crippen LogP) is 3.17. The lowest BCUT2D eigenvalue weighted by Crippen LogP contribution is -2.30. The third kappa shape index (κ3) is 5.75. The number of para-hydroxylation sites is 1. The molecule has 0 saturated carbocycles. The van der Waals surface area contributed by atoms with Crippen molar-refractivity contribution in [1.82, 2.24) is 15.6 Å². The van der Waals surface area contributed by atoms with E-state index >= 15 is 0 Å². The summed E-state index contributed by atoms with van der Waals surface area (Å²) in [7, 11) is 0. The normalized spacial score (nSPS) is 10.6. The Kier molecular flexibility index (Phi) is 6.91. The third-order valence-electron chi connectivity index (χ3n) is 3.99. The van der Waals surface area contributed by atoms with E-state index < -0.39 is 0 Å². The molecule has 28 heavy (non-hydrogen) atoms. The molecule has 146 valence electrons. The Morgan fingerprint density at radius 1 is 0.964 bits per heavy atom. The fraction of sp³-hybridized carbons (Fsp3) is 0.250. The molecule has 6 nitrogen and oxygen atoms in total. The Balaban J connectivity index is 1.27. The number of amides is 2. The zero-order valence-electron chi connectivity index (χ0n) is 15.2. The second-order valence-electron chi connectivity index (χ2n) is 6.13. The number of nitrogens with zero attached hydrogens (tertiary/aromatic N) is 1. The van der Waals surface area contributed by atoms with Crippen LogP contribution in [0.25, 0.3) is 10.2 Å². The Bertz CT molecular complexity index is 910. The van der Waals surface area contributed by atoms with Crippen LogP contribution in [0.3, 0.4) is 0 Å². The molecule has 0 saturated heterocycles. The SMILES string of the molecule is O=C(CCCNC(=O)c1ccc(F)cc1)NCCNc1nc2ccccc2s1. The second-order valence-corrected chi connectivity index (χ2v) is 7.16. The fourth-order valence-electron chi connectivity index (χ4n) is 2.56. The number of hydrogen-bond acceptors (Lipinski definition) is 5. The van der Waals surface area contributed by atoms with Crippen molar-refractivity contribution in [2.24, 2.45) is 0 Å². The summed E-state index contributed by atoms with van der Waals surface area (Å²) >= 11 is 1.58. The molecule has 3 aromatic rings. The van der Waals surface area contributed by atoms with Crippen LogP contribution in [0.15, 0.2) is 48.5 Å². The van der Waals surface area contributed by atoms with E-state index in [0.717, 1.165) is 15.3 Å². The number of benzene rings is 2. The molecule has 0 bridgehead atoms. The van der Waals surface area contributed by atoms with Gasteiger partial charge in [-0.15, -0.1) is 0 Å². The van der Waals surface area contributed by atoms with E-state index in [0.29, 0.717) is 38.0 Å². The molecule has 2 amide bonds. The number of nitrogens with one attached hydrogen (secondary N) is 3. The number of fused-ring (bicyclic) bond motifs is 1. The zero-order chi connectivity index (χ0) is 19.8. The lowest BCUT2D eigenvalue weighted by Gasteiger charge is -2.07. The topological polar surface area (TPSA) is 83.1 Å². The first-order valence-corrected chi connectivity index (χ1v) is 9.83. The van der Waals surface area contributed by atoms with Gasteiger partial charge in [0.1, 0.15) is 5.82 Å². The van der Waals surface area contributed by atoms with Gasteiger partial charge in [0.25, 0.3) is 5.91 Å². The molecule has 0 atom stereocenters. The minimum absolute atomic E-state index is 0.0675. The molecule has 3 rings (SSSR count). The van der Waals surface area contributed by atoms with Gasteiger partial charge in [-0.05, 0) is 42.8 Å². The van der Waals surface area contributed by atoms with Crippen LogP contribution in [-0.4, -0.2) is 36.4 Å². The molecule has 0 aliphatic rings. The molecule has 0 unspecified atom stereocenters. The number of rotatable bonds is 9. The summed E-state index contributed by atoms with van der Waals surface area (Å²) < 4.78 is 14.0. The third-order valence-corrected chi connectivity index (χ3v) is 4.98. The molecular weight excluding hydrogens is 379 g/mol. The molecule has 8 heteroatoms. The molecule has 0 radical (unpaired) electrons. The van der Waals surface area contributed by atoms with Crippen molar-refractivity contribution in [2.75, 3.05) is 25.0 Å². The Hall–Kier alpha value is -3.00. The Morgan fingerprint density at radius 3 is 2.54 bits per heavy atom. The van der Waals surface area contributed by atoms with Crippen molar-refractivity contribution in [3.8, 4) is 0 Å². The van der Waals surface area contributed by atoms with Gasteiger partial charge in [0.2, 0.25) is 5.91 Å². The maximum atomic E-state index is 12.8. The number of thiazole rings is 1. The van der Waals surface area contributed by atoms with Crippen LogP contribution in [0, 0.1) is 5.82 Å². The van der Waals surface area contributed by atoms with Crippen molar-refractivity contribution < 1.29 is 14.0 Å². The van der Waals surface area contributed by atoms with E-state index in [1.165, 1.54) is 24.3 Å². The van der Waals surface area contributed by atoms with Gasteiger partial charge in [0, 0.05) is 31.6 Å². The van der Waals surface area contributed by atoms with Gasteiger partial charge < -0.3 is 16.0 Å². The van der Waals surface area contributed by atoms with E-state index in [9.17, 15) is 14.0 Å². The van der Waals surface area contributed by atoms with Crippen LogP contribution in [0.5, 0.6) is 0 Å². The van der Waals surface area contributed by atoms with Crippen LogP contribution >= 0.6 is 11.3 Å². The second kappa shape index (κ2) is 9.80. The van der Waals surface area contributed by atoms with Crippen molar-refractivity contribution in [3.05, 3.63) is 59.9 Å². The van der Waals surface area contributed by atoms with Crippen molar-refractivity contribution in [2.45, 2.75) is 12.8 Å². The smallest absolute Gasteiger partial charge is 0.251 e. The van der Waals surface area contributed by atoms with Crippen molar-refractivity contribution in [1.29, 1.82) is 0 Å². The minimum Gasteiger partial charge on any atom is -0.360 e. The van der Waals surface area contributed by atoms with Crippen molar-refractivity contribution in [3.63, 3.8) is 0 Å². The van der Waals surface area contributed by atoms with Crippen LogP contribution in [0.4, 0.5) is 9.52 Å². The number of anilines is 1. The molecule has 1 aromatic heterocycles. The summed E-state index contributed by atoms with van der Waals surface area (Å²) in [6.45, 7) is 1.47. The first-order chi connectivity index (χ1) is 13.6. The predicted molar refractivity (Wildman–Crippen MR) is 109 cm³/mol. The number of halogens is 1. The summed E-state index contributed by atoms with van der Waals surface area (Å²) in [5, 5.41) is 9.58. The lowest BCUT2D eigenvalue weighted by molar-refractivity contribution is -0.121. The lowest BCUT2D eigenvalue weighted by atomic mass is 10.2. The molecule has 0 spiro atoms.